The van der Waals surface area contributed by atoms with Gasteiger partial charge in [0.25, 0.3) is 11.5 Å². The van der Waals surface area contributed by atoms with Crippen LogP contribution in [-0.4, -0.2) is 33.2 Å². The SMILES string of the molecule is CCCCC1C=CCN1C(=O)c1ccc(-c2ccc(=O)n(C)n2)cc1. The van der Waals surface area contributed by atoms with Gasteiger partial charge in [0.2, 0.25) is 0 Å². The summed E-state index contributed by atoms with van der Waals surface area (Å²) in [5.41, 5.74) is 2.13. The Hall–Kier alpha value is -2.69. The molecule has 5 heteroatoms. The number of hydrogen-bond acceptors (Lipinski definition) is 3. The first kappa shape index (κ1) is 17.1. The first-order chi connectivity index (χ1) is 12.1. The van der Waals surface area contributed by atoms with Gasteiger partial charge in [-0.25, -0.2) is 4.68 Å². The second-order valence-corrected chi connectivity index (χ2v) is 6.35. The van der Waals surface area contributed by atoms with Gasteiger partial charge in [0.1, 0.15) is 0 Å². The zero-order valence-electron chi connectivity index (χ0n) is 14.7. The molecule has 0 fully saturated rings. The highest BCUT2D eigenvalue weighted by atomic mass is 16.2. The first-order valence-electron chi connectivity index (χ1n) is 8.72. The van der Waals surface area contributed by atoms with Gasteiger partial charge in [-0.05, 0) is 24.6 Å². The lowest BCUT2D eigenvalue weighted by Crippen LogP contribution is -2.36. The van der Waals surface area contributed by atoms with Gasteiger partial charge in [0.15, 0.2) is 0 Å². The Morgan fingerprint density at radius 2 is 1.96 bits per heavy atom. The molecule has 3 rings (SSSR count). The van der Waals surface area contributed by atoms with Crippen molar-refractivity contribution in [1.82, 2.24) is 14.7 Å². The van der Waals surface area contributed by atoms with Gasteiger partial charge in [-0.15, -0.1) is 0 Å². The van der Waals surface area contributed by atoms with Crippen LogP contribution >= 0.6 is 0 Å². The molecule has 1 aromatic carbocycles. The molecule has 0 N–H and O–H groups in total. The zero-order chi connectivity index (χ0) is 17.8. The number of aryl methyl sites for hydroxylation is 1. The van der Waals surface area contributed by atoms with Crippen molar-refractivity contribution in [3.63, 3.8) is 0 Å². The van der Waals surface area contributed by atoms with E-state index in [1.54, 1.807) is 13.1 Å². The Balaban J connectivity index is 1.76. The molecule has 0 spiro atoms. The molecule has 1 aliphatic heterocycles. The highest BCUT2D eigenvalue weighted by Gasteiger charge is 2.25. The Labute approximate surface area is 147 Å². The van der Waals surface area contributed by atoms with Crippen molar-refractivity contribution in [3.05, 3.63) is 64.5 Å². The fourth-order valence-corrected chi connectivity index (χ4v) is 3.08. The second kappa shape index (κ2) is 7.47. The second-order valence-electron chi connectivity index (χ2n) is 6.35. The summed E-state index contributed by atoms with van der Waals surface area (Å²) in [4.78, 5) is 26.2. The lowest BCUT2D eigenvalue weighted by atomic mass is 10.1. The van der Waals surface area contributed by atoms with E-state index in [1.165, 1.54) is 10.7 Å². The molecule has 1 amide bonds. The van der Waals surface area contributed by atoms with E-state index in [-0.39, 0.29) is 17.5 Å². The maximum absolute atomic E-state index is 12.8. The van der Waals surface area contributed by atoms with Gasteiger partial charge >= 0.3 is 0 Å². The molecule has 1 aliphatic rings. The molecule has 5 nitrogen and oxygen atoms in total. The molecule has 1 aromatic heterocycles. The lowest BCUT2D eigenvalue weighted by molar-refractivity contribution is 0.0743. The van der Waals surface area contributed by atoms with Crippen LogP contribution in [0.15, 0.2) is 53.3 Å². The highest BCUT2D eigenvalue weighted by molar-refractivity contribution is 5.95. The van der Waals surface area contributed by atoms with Crippen molar-refractivity contribution < 1.29 is 4.79 Å². The van der Waals surface area contributed by atoms with Crippen LogP contribution in [0.2, 0.25) is 0 Å². The van der Waals surface area contributed by atoms with Crippen molar-refractivity contribution in [2.24, 2.45) is 7.05 Å². The van der Waals surface area contributed by atoms with Gasteiger partial charge in [0, 0.05) is 30.8 Å². The number of hydrogen-bond donors (Lipinski definition) is 0. The van der Waals surface area contributed by atoms with Crippen molar-refractivity contribution >= 4 is 5.91 Å². The quantitative estimate of drug-likeness (QED) is 0.788. The van der Waals surface area contributed by atoms with Crippen LogP contribution in [0.3, 0.4) is 0 Å². The van der Waals surface area contributed by atoms with Crippen LogP contribution in [0.1, 0.15) is 36.5 Å². The molecule has 0 aliphatic carbocycles. The smallest absolute Gasteiger partial charge is 0.266 e. The van der Waals surface area contributed by atoms with E-state index in [2.05, 4.69) is 24.2 Å². The zero-order valence-corrected chi connectivity index (χ0v) is 14.7. The maximum atomic E-state index is 12.8. The van der Waals surface area contributed by atoms with Gasteiger partial charge in [-0.2, -0.15) is 5.10 Å². The number of carbonyl (C=O) groups excluding carboxylic acids is 1. The van der Waals surface area contributed by atoms with E-state index >= 15 is 0 Å². The summed E-state index contributed by atoms with van der Waals surface area (Å²) >= 11 is 0. The third-order valence-electron chi connectivity index (χ3n) is 4.56. The summed E-state index contributed by atoms with van der Waals surface area (Å²) in [7, 11) is 1.63. The molecule has 2 heterocycles. The Morgan fingerprint density at radius 1 is 1.20 bits per heavy atom. The number of unbranched alkanes of at least 4 members (excludes halogenated alkanes) is 1. The molecule has 0 saturated heterocycles. The average molecular weight is 337 g/mol. The molecule has 0 bridgehead atoms. The number of benzene rings is 1. The van der Waals surface area contributed by atoms with Crippen molar-refractivity contribution in [2.45, 2.75) is 32.2 Å². The number of amides is 1. The first-order valence-corrected chi connectivity index (χ1v) is 8.72. The predicted molar refractivity (Wildman–Crippen MR) is 98.4 cm³/mol. The van der Waals surface area contributed by atoms with Gasteiger partial charge in [-0.1, -0.05) is 44.1 Å². The third kappa shape index (κ3) is 3.71. The molecule has 0 saturated carbocycles. The Kier molecular flexibility index (Phi) is 5.12. The average Bonchev–Trinajstić information content (AvgIpc) is 3.10. The number of carbonyl (C=O) groups is 1. The summed E-state index contributed by atoms with van der Waals surface area (Å²) < 4.78 is 1.31. The Morgan fingerprint density at radius 3 is 2.64 bits per heavy atom. The molecule has 1 atom stereocenters. The van der Waals surface area contributed by atoms with Gasteiger partial charge in [-0.3, -0.25) is 9.59 Å². The number of aromatic nitrogens is 2. The number of nitrogens with zero attached hydrogens (tertiary/aromatic N) is 3. The fourth-order valence-electron chi connectivity index (χ4n) is 3.08. The minimum atomic E-state index is -0.143. The van der Waals surface area contributed by atoms with Crippen LogP contribution in [0.4, 0.5) is 0 Å². The summed E-state index contributed by atoms with van der Waals surface area (Å²) in [6.45, 7) is 2.84. The lowest BCUT2D eigenvalue weighted by Gasteiger charge is -2.24. The summed E-state index contributed by atoms with van der Waals surface area (Å²) in [6.07, 6.45) is 7.47. The summed E-state index contributed by atoms with van der Waals surface area (Å²) in [5.74, 6) is 0.0612. The van der Waals surface area contributed by atoms with Gasteiger partial charge in [0.05, 0.1) is 11.7 Å². The largest absolute Gasteiger partial charge is 0.328 e. The molecular formula is C20H23N3O2. The van der Waals surface area contributed by atoms with Crippen LogP contribution in [0.25, 0.3) is 11.3 Å². The fraction of sp³-hybridized carbons (Fsp3) is 0.350. The van der Waals surface area contributed by atoms with Crippen LogP contribution in [0.5, 0.6) is 0 Å². The normalized spacial score (nSPS) is 16.4. The summed E-state index contributed by atoms with van der Waals surface area (Å²) in [5, 5.41) is 4.24. The van der Waals surface area contributed by atoms with E-state index in [4.69, 9.17) is 0 Å². The van der Waals surface area contributed by atoms with Gasteiger partial charge < -0.3 is 4.90 Å². The minimum Gasteiger partial charge on any atom is -0.328 e. The van der Waals surface area contributed by atoms with E-state index in [0.717, 1.165) is 24.8 Å². The summed E-state index contributed by atoms with van der Waals surface area (Å²) in [6, 6.07) is 10.8. The highest BCUT2D eigenvalue weighted by Crippen LogP contribution is 2.21. The van der Waals surface area contributed by atoms with Crippen LogP contribution in [-0.2, 0) is 7.05 Å². The molecule has 0 radical (unpaired) electrons. The molecular weight excluding hydrogens is 314 g/mol. The van der Waals surface area contributed by atoms with Crippen molar-refractivity contribution in [1.29, 1.82) is 0 Å². The van der Waals surface area contributed by atoms with E-state index in [9.17, 15) is 9.59 Å². The molecule has 130 valence electrons. The maximum Gasteiger partial charge on any atom is 0.266 e. The Bertz CT molecular complexity index is 837. The predicted octanol–water partition coefficient (Wildman–Crippen LogP) is 3.02. The van der Waals surface area contributed by atoms with E-state index < -0.39 is 0 Å². The van der Waals surface area contributed by atoms with Crippen molar-refractivity contribution in [3.8, 4) is 11.3 Å². The molecule has 2 aromatic rings. The van der Waals surface area contributed by atoms with E-state index in [0.29, 0.717) is 17.8 Å². The van der Waals surface area contributed by atoms with Crippen molar-refractivity contribution in [2.75, 3.05) is 6.54 Å². The standard InChI is InChI=1S/C20H23N3O2/c1-3-4-6-17-7-5-14-23(17)20(25)16-10-8-15(9-11-16)18-12-13-19(24)22(2)21-18/h5,7-13,17H,3-4,6,14H2,1-2H3. The van der Waals surface area contributed by atoms with Crippen LogP contribution < -0.4 is 5.56 Å². The minimum absolute atomic E-state index is 0.0612. The topological polar surface area (TPSA) is 55.2 Å². The van der Waals surface area contributed by atoms with E-state index in [1.807, 2.05) is 29.2 Å². The molecule has 25 heavy (non-hydrogen) atoms. The monoisotopic (exact) mass is 337 g/mol. The van der Waals surface area contributed by atoms with Crippen LogP contribution in [0, 0.1) is 0 Å². The third-order valence-corrected chi connectivity index (χ3v) is 4.56. The number of rotatable bonds is 5. The molecule has 1 unspecified atom stereocenters.